The number of hydrogen-bond donors (Lipinski definition) is 2. The molecule has 5 nitrogen and oxygen atoms in total. The van der Waals surface area contributed by atoms with Crippen molar-refractivity contribution < 1.29 is 9.59 Å². The molecule has 1 fully saturated rings. The van der Waals surface area contributed by atoms with Gasteiger partial charge in [-0.1, -0.05) is 36.4 Å². The van der Waals surface area contributed by atoms with Gasteiger partial charge in [0, 0.05) is 26.1 Å². The van der Waals surface area contributed by atoms with Crippen LogP contribution in [0.2, 0.25) is 0 Å². The summed E-state index contributed by atoms with van der Waals surface area (Å²) in [6.45, 7) is 3.13. The minimum absolute atomic E-state index is 0. The topological polar surface area (TPSA) is 61.4 Å². The fourth-order valence-corrected chi connectivity index (χ4v) is 3.60. The molecule has 2 amide bonds. The minimum atomic E-state index is -0.546. The number of carbonyl (C=O) groups is 2. The van der Waals surface area contributed by atoms with E-state index in [9.17, 15) is 9.59 Å². The van der Waals surface area contributed by atoms with Gasteiger partial charge >= 0.3 is 0 Å². The summed E-state index contributed by atoms with van der Waals surface area (Å²) < 4.78 is 0. The third-order valence-electron chi connectivity index (χ3n) is 4.28. The molecule has 1 saturated heterocycles. The molecule has 0 spiro atoms. The van der Waals surface area contributed by atoms with E-state index in [1.54, 1.807) is 6.07 Å². The Bertz CT molecular complexity index is 686. The summed E-state index contributed by atoms with van der Waals surface area (Å²) in [5.74, 6) is -0.185. The maximum Gasteiger partial charge on any atom is 0.262 e. The van der Waals surface area contributed by atoms with Crippen LogP contribution < -0.4 is 10.6 Å². The molecule has 0 radical (unpaired) electrons. The fourth-order valence-electron chi connectivity index (χ4n) is 2.97. The number of rotatable bonds is 5. The summed E-state index contributed by atoms with van der Waals surface area (Å²) in [4.78, 5) is 28.0. The predicted molar refractivity (Wildman–Crippen MR) is 107 cm³/mol. The lowest BCUT2D eigenvalue weighted by molar-refractivity contribution is -0.133. The van der Waals surface area contributed by atoms with Gasteiger partial charge in [-0.05, 0) is 30.0 Å². The third kappa shape index (κ3) is 5.56. The molecule has 7 heteroatoms. The average Bonchev–Trinajstić information content (AvgIpc) is 3.04. The highest BCUT2D eigenvalue weighted by Crippen LogP contribution is 2.12. The molecule has 1 aliphatic heterocycles. The second kappa shape index (κ2) is 10.3. The fraction of sp³-hybridized carbons (Fsp3) is 0.368. The highest BCUT2D eigenvalue weighted by atomic mass is 35.5. The molecule has 0 saturated carbocycles. The number of carbonyl (C=O) groups excluding carboxylic acids is 2. The Morgan fingerprint density at radius 3 is 2.65 bits per heavy atom. The highest BCUT2D eigenvalue weighted by Gasteiger charge is 2.27. The zero-order chi connectivity index (χ0) is 17.5. The van der Waals surface area contributed by atoms with Crippen LogP contribution >= 0.6 is 23.7 Å². The first-order chi connectivity index (χ1) is 12.2. The smallest absolute Gasteiger partial charge is 0.262 e. The molecule has 1 unspecified atom stereocenters. The Balaban J connectivity index is 0.00000243. The van der Waals surface area contributed by atoms with Crippen LogP contribution in [0.15, 0.2) is 47.8 Å². The van der Waals surface area contributed by atoms with Crippen molar-refractivity contribution in [3.8, 4) is 0 Å². The van der Waals surface area contributed by atoms with Crippen LogP contribution in [0.4, 0.5) is 0 Å². The molecule has 1 atom stereocenters. The quantitative estimate of drug-likeness (QED) is 0.819. The molecule has 1 aliphatic rings. The number of hydrogen-bond acceptors (Lipinski definition) is 4. The van der Waals surface area contributed by atoms with E-state index in [1.807, 2.05) is 46.7 Å². The predicted octanol–water partition coefficient (Wildman–Crippen LogP) is 2.33. The van der Waals surface area contributed by atoms with Crippen LogP contribution in [0.5, 0.6) is 0 Å². The summed E-state index contributed by atoms with van der Waals surface area (Å²) in [6.07, 6.45) is 1.43. The number of thiophene rings is 1. The van der Waals surface area contributed by atoms with Crippen LogP contribution in [0.1, 0.15) is 21.7 Å². The number of nitrogens with one attached hydrogen (secondary N) is 2. The third-order valence-corrected chi connectivity index (χ3v) is 5.15. The van der Waals surface area contributed by atoms with Gasteiger partial charge in [0.25, 0.3) is 5.91 Å². The van der Waals surface area contributed by atoms with Gasteiger partial charge in [0.1, 0.15) is 6.04 Å². The maximum absolute atomic E-state index is 13.0. The first-order valence-corrected chi connectivity index (χ1v) is 9.50. The van der Waals surface area contributed by atoms with Gasteiger partial charge in [-0.15, -0.1) is 23.7 Å². The van der Waals surface area contributed by atoms with Gasteiger partial charge in [0.05, 0.1) is 4.88 Å². The zero-order valence-corrected chi connectivity index (χ0v) is 16.2. The van der Waals surface area contributed by atoms with Crippen LogP contribution in [0, 0.1) is 0 Å². The summed E-state index contributed by atoms with van der Waals surface area (Å²) in [5, 5.41) is 8.11. The van der Waals surface area contributed by atoms with Gasteiger partial charge in [0.15, 0.2) is 0 Å². The summed E-state index contributed by atoms with van der Waals surface area (Å²) in [7, 11) is 0. The number of amides is 2. The summed E-state index contributed by atoms with van der Waals surface area (Å²) in [6, 6.07) is 12.9. The monoisotopic (exact) mass is 393 g/mol. The van der Waals surface area contributed by atoms with E-state index < -0.39 is 6.04 Å². The lowest BCUT2D eigenvalue weighted by Gasteiger charge is -2.26. The Morgan fingerprint density at radius 2 is 1.92 bits per heavy atom. The van der Waals surface area contributed by atoms with Gasteiger partial charge in [-0.3, -0.25) is 9.59 Å². The van der Waals surface area contributed by atoms with E-state index in [2.05, 4.69) is 10.6 Å². The Hall–Kier alpha value is -1.89. The lowest BCUT2D eigenvalue weighted by Crippen LogP contribution is -2.50. The van der Waals surface area contributed by atoms with Crippen LogP contribution in [-0.4, -0.2) is 48.9 Å². The van der Waals surface area contributed by atoms with Crippen molar-refractivity contribution in [1.82, 2.24) is 15.5 Å². The molecule has 1 aromatic heterocycles. The maximum atomic E-state index is 13.0. The van der Waals surface area contributed by atoms with Crippen molar-refractivity contribution in [2.75, 3.05) is 26.2 Å². The second-order valence-electron chi connectivity index (χ2n) is 6.12. The van der Waals surface area contributed by atoms with Crippen molar-refractivity contribution in [3.63, 3.8) is 0 Å². The van der Waals surface area contributed by atoms with E-state index in [4.69, 9.17) is 0 Å². The van der Waals surface area contributed by atoms with Gasteiger partial charge in [-0.2, -0.15) is 0 Å². The normalized spacial score (nSPS) is 15.5. The van der Waals surface area contributed by atoms with Crippen molar-refractivity contribution >= 4 is 35.6 Å². The van der Waals surface area contributed by atoms with E-state index in [0.717, 1.165) is 31.6 Å². The van der Waals surface area contributed by atoms with Gasteiger partial charge < -0.3 is 15.5 Å². The second-order valence-corrected chi connectivity index (χ2v) is 7.07. The van der Waals surface area contributed by atoms with Gasteiger partial charge in [-0.25, -0.2) is 0 Å². The Morgan fingerprint density at radius 1 is 1.12 bits per heavy atom. The van der Waals surface area contributed by atoms with E-state index in [0.29, 0.717) is 17.8 Å². The first-order valence-electron chi connectivity index (χ1n) is 8.62. The molecular weight excluding hydrogens is 370 g/mol. The van der Waals surface area contributed by atoms with E-state index >= 15 is 0 Å². The van der Waals surface area contributed by atoms with E-state index in [-0.39, 0.29) is 24.2 Å². The summed E-state index contributed by atoms with van der Waals surface area (Å²) in [5.41, 5.74) is 1.04. The number of halogens is 1. The molecule has 1 aromatic carbocycles. The molecule has 2 N–H and O–H groups in total. The Kier molecular flexibility index (Phi) is 8.09. The molecule has 26 heavy (non-hydrogen) atoms. The molecule has 2 heterocycles. The largest absolute Gasteiger partial charge is 0.340 e. The average molecular weight is 394 g/mol. The number of benzene rings is 1. The Labute approximate surface area is 164 Å². The van der Waals surface area contributed by atoms with E-state index in [1.165, 1.54) is 11.3 Å². The van der Waals surface area contributed by atoms with Crippen molar-refractivity contribution in [2.45, 2.75) is 18.9 Å². The SMILES string of the molecule is Cl.O=C(NC(Cc1ccccc1)C(=O)N1CCCNCC1)c1cccs1. The minimum Gasteiger partial charge on any atom is -0.340 e. The van der Waals surface area contributed by atoms with Crippen LogP contribution in [-0.2, 0) is 11.2 Å². The highest BCUT2D eigenvalue weighted by molar-refractivity contribution is 7.12. The summed E-state index contributed by atoms with van der Waals surface area (Å²) >= 11 is 1.38. The van der Waals surface area contributed by atoms with Crippen molar-refractivity contribution in [3.05, 3.63) is 58.3 Å². The van der Waals surface area contributed by atoms with Crippen LogP contribution in [0.25, 0.3) is 0 Å². The molecular formula is C19H24ClN3O2S. The van der Waals surface area contributed by atoms with Crippen molar-refractivity contribution in [1.29, 1.82) is 0 Å². The number of nitrogens with zero attached hydrogens (tertiary/aromatic N) is 1. The molecule has 0 aliphatic carbocycles. The molecule has 140 valence electrons. The molecule has 0 bridgehead atoms. The lowest BCUT2D eigenvalue weighted by atomic mass is 10.0. The van der Waals surface area contributed by atoms with Crippen LogP contribution in [0.3, 0.4) is 0 Å². The molecule has 3 rings (SSSR count). The zero-order valence-electron chi connectivity index (χ0n) is 14.5. The standard InChI is InChI=1S/C19H23N3O2S.ClH/c23-18(17-8-4-13-25-17)21-16(14-15-6-2-1-3-7-15)19(24)22-11-5-9-20-10-12-22;/h1-4,6-8,13,16,20H,5,9-12,14H2,(H,21,23);1H. The van der Waals surface area contributed by atoms with Gasteiger partial charge in [0.2, 0.25) is 5.91 Å². The first kappa shape index (κ1) is 20.4. The molecule has 2 aromatic rings. The van der Waals surface area contributed by atoms with Crippen molar-refractivity contribution in [2.24, 2.45) is 0 Å².